The Kier molecular flexibility index (Phi) is 2.07. The molecule has 2 fully saturated rings. The highest BCUT2D eigenvalue weighted by atomic mass is 16.5. The lowest BCUT2D eigenvalue weighted by molar-refractivity contribution is 0.0164. The van der Waals surface area contributed by atoms with Gasteiger partial charge in [-0.3, -0.25) is 0 Å². The summed E-state index contributed by atoms with van der Waals surface area (Å²) in [7, 11) is 0. The van der Waals surface area contributed by atoms with E-state index in [4.69, 9.17) is 9.47 Å². The summed E-state index contributed by atoms with van der Waals surface area (Å²) < 4.78 is 10.6. The zero-order valence-electron chi connectivity index (χ0n) is 6.98. The SMILES string of the molecule is C=COCC1CC2CC(O)C1O2. The third-order valence-corrected chi connectivity index (χ3v) is 2.69. The van der Waals surface area contributed by atoms with E-state index in [1.165, 1.54) is 6.26 Å². The van der Waals surface area contributed by atoms with Crippen LogP contribution < -0.4 is 0 Å². The van der Waals surface area contributed by atoms with Crippen LogP contribution in [0, 0.1) is 5.92 Å². The maximum absolute atomic E-state index is 9.48. The van der Waals surface area contributed by atoms with Gasteiger partial charge in [0.1, 0.15) is 0 Å². The molecule has 3 nitrogen and oxygen atoms in total. The minimum Gasteiger partial charge on any atom is -0.501 e. The van der Waals surface area contributed by atoms with Crippen molar-refractivity contribution in [1.29, 1.82) is 0 Å². The third kappa shape index (κ3) is 1.23. The third-order valence-electron chi connectivity index (χ3n) is 2.69. The first-order chi connectivity index (χ1) is 5.81. The van der Waals surface area contributed by atoms with Crippen molar-refractivity contribution in [2.75, 3.05) is 6.61 Å². The normalized spacial score (nSPS) is 44.8. The van der Waals surface area contributed by atoms with Crippen molar-refractivity contribution in [2.24, 2.45) is 5.92 Å². The molecule has 0 amide bonds. The van der Waals surface area contributed by atoms with Gasteiger partial charge in [-0.15, -0.1) is 0 Å². The number of hydrogen-bond acceptors (Lipinski definition) is 3. The quantitative estimate of drug-likeness (QED) is 0.633. The topological polar surface area (TPSA) is 38.7 Å². The van der Waals surface area contributed by atoms with Gasteiger partial charge < -0.3 is 14.6 Å². The molecular weight excluding hydrogens is 156 g/mol. The fourth-order valence-electron chi connectivity index (χ4n) is 2.18. The first-order valence-electron chi connectivity index (χ1n) is 4.37. The van der Waals surface area contributed by atoms with Crippen molar-refractivity contribution in [1.82, 2.24) is 0 Å². The highest BCUT2D eigenvalue weighted by Crippen LogP contribution is 2.38. The van der Waals surface area contributed by atoms with E-state index in [0.717, 1.165) is 12.8 Å². The first-order valence-corrected chi connectivity index (χ1v) is 4.37. The minimum absolute atomic E-state index is 0.00921. The summed E-state index contributed by atoms with van der Waals surface area (Å²) in [5.74, 6) is 0.358. The van der Waals surface area contributed by atoms with E-state index in [9.17, 15) is 5.11 Å². The summed E-state index contributed by atoms with van der Waals surface area (Å²) in [6.07, 6.45) is 3.27. The maximum Gasteiger partial charge on any atom is 0.0927 e. The van der Waals surface area contributed by atoms with Gasteiger partial charge in [-0.2, -0.15) is 0 Å². The molecule has 2 heterocycles. The van der Waals surface area contributed by atoms with E-state index in [1.54, 1.807) is 0 Å². The van der Waals surface area contributed by atoms with Crippen LogP contribution in [0.3, 0.4) is 0 Å². The molecule has 0 saturated carbocycles. The fourth-order valence-corrected chi connectivity index (χ4v) is 2.18. The molecule has 1 N–H and O–H groups in total. The van der Waals surface area contributed by atoms with Crippen LogP contribution in [0.1, 0.15) is 12.8 Å². The second kappa shape index (κ2) is 3.07. The smallest absolute Gasteiger partial charge is 0.0927 e. The van der Waals surface area contributed by atoms with Crippen molar-refractivity contribution < 1.29 is 14.6 Å². The molecule has 12 heavy (non-hydrogen) atoms. The Hall–Kier alpha value is -0.540. The van der Waals surface area contributed by atoms with Gasteiger partial charge in [-0.05, 0) is 6.42 Å². The molecule has 2 bridgehead atoms. The van der Waals surface area contributed by atoms with Crippen LogP contribution >= 0.6 is 0 Å². The van der Waals surface area contributed by atoms with Crippen molar-refractivity contribution in [3.05, 3.63) is 12.8 Å². The molecule has 0 spiro atoms. The largest absolute Gasteiger partial charge is 0.501 e. The molecular formula is C9H14O3. The van der Waals surface area contributed by atoms with Crippen LogP contribution in [-0.4, -0.2) is 30.0 Å². The number of aliphatic hydroxyl groups is 1. The van der Waals surface area contributed by atoms with Crippen LogP contribution in [0.5, 0.6) is 0 Å². The lowest BCUT2D eigenvalue weighted by atomic mass is 9.88. The summed E-state index contributed by atoms with van der Waals surface area (Å²) in [4.78, 5) is 0. The molecule has 0 aliphatic carbocycles. The average molecular weight is 170 g/mol. The minimum atomic E-state index is -0.276. The lowest BCUT2D eigenvalue weighted by Gasteiger charge is -2.21. The van der Waals surface area contributed by atoms with E-state index in [-0.39, 0.29) is 18.3 Å². The van der Waals surface area contributed by atoms with Gasteiger partial charge in [0.05, 0.1) is 31.2 Å². The van der Waals surface area contributed by atoms with E-state index in [2.05, 4.69) is 6.58 Å². The molecule has 68 valence electrons. The van der Waals surface area contributed by atoms with E-state index in [1.807, 2.05) is 0 Å². The Labute approximate surface area is 72.0 Å². The van der Waals surface area contributed by atoms with Gasteiger partial charge in [0, 0.05) is 12.3 Å². The first kappa shape index (κ1) is 8.08. The number of ether oxygens (including phenoxy) is 2. The molecule has 0 radical (unpaired) electrons. The van der Waals surface area contributed by atoms with Gasteiger partial charge in [0.15, 0.2) is 0 Å². The number of hydrogen-bond donors (Lipinski definition) is 1. The highest BCUT2D eigenvalue weighted by Gasteiger charge is 2.46. The number of rotatable bonds is 3. The highest BCUT2D eigenvalue weighted by molar-refractivity contribution is 4.95. The number of aliphatic hydroxyl groups excluding tert-OH is 1. The Morgan fingerprint density at radius 3 is 3.00 bits per heavy atom. The van der Waals surface area contributed by atoms with Crippen LogP contribution in [0.2, 0.25) is 0 Å². The molecule has 2 aliphatic rings. The Bertz CT molecular complexity index is 181. The van der Waals surface area contributed by atoms with Gasteiger partial charge in [-0.25, -0.2) is 0 Å². The van der Waals surface area contributed by atoms with Crippen molar-refractivity contribution in [2.45, 2.75) is 31.2 Å². The van der Waals surface area contributed by atoms with Crippen molar-refractivity contribution >= 4 is 0 Å². The predicted molar refractivity (Wildman–Crippen MR) is 43.5 cm³/mol. The predicted octanol–water partition coefficient (Wildman–Crippen LogP) is 0.685. The summed E-state index contributed by atoms with van der Waals surface area (Å²) >= 11 is 0. The summed E-state index contributed by atoms with van der Waals surface area (Å²) in [5.41, 5.74) is 0. The molecule has 0 aromatic rings. The molecule has 0 aromatic heterocycles. The summed E-state index contributed by atoms with van der Waals surface area (Å²) in [6, 6.07) is 0. The number of fused-ring (bicyclic) bond motifs is 2. The molecule has 4 unspecified atom stereocenters. The zero-order valence-corrected chi connectivity index (χ0v) is 6.98. The monoisotopic (exact) mass is 170 g/mol. The standard InChI is InChI=1S/C9H14O3/c1-2-11-5-6-3-7-4-8(10)9(6)12-7/h2,6-10H,1,3-5H2. The molecule has 3 heteroatoms. The summed E-state index contributed by atoms with van der Waals surface area (Å²) in [5, 5.41) is 9.48. The summed E-state index contributed by atoms with van der Waals surface area (Å²) in [6.45, 7) is 4.10. The van der Waals surface area contributed by atoms with Crippen LogP contribution in [0.4, 0.5) is 0 Å². The van der Waals surface area contributed by atoms with E-state index >= 15 is 0 Å². The van der Waals surface area contributed by atoms with E-state index < -0.39 is 0 Å². The zero-order chi connectivity index (χ0) is 8.55. The molecule has 2 aliphatic heterocycles. The molecule has 0 aromatic carbocycles. The second-order valence-corrected chi connectivity index (χ2v) is 3.52. The Morgan fingerprint density at radius 2 is 2.42 bits per heavy atom. The van der Waals surface area contributed by atoms with Gasteiger partial charge >= 0.3 is 0 Å². The average Bonchev–Trinajstić information content (AvgIpc) is 2.58. The van der Waals surface area contributed by atoms with Crippen molar-refractivity contribution in [3.63, 3.8) is 0 Å². The molecule has 4 atom stereocenters. The Balaban J connectivity index is 1.89. The fraction of sp³-hybridized carbons (Fsp3) is 0.778. The van der Waals surface area contributed by atoms with Crippen molar-refractivity contribution in [3.8, 4) is 0 Å². The van der Waals surface area contributed by atoms with Gasteiger partial charge in [-0.1, -0.05) is 6.58 Å². The second-order valence-electron chi connectivity index (χ2n) is 3.52. The molecule has 2 rings (SSSR count). The van der Waals surface area contributed by atoms with E-state index in [0.29, 0.717) is 12.5 Å². The van der Waals surface area contributed by atoms with Crippen LogP contribution in [-0.2, 0) is 9.47 Å². The molecule has 2 saturated heterocycles. The van der Waals surface area contributed by atoms with Gasteiger partial charge in [0.25, 0.3) is 0 Å². The Morgan fingerprint density at radius 1 is 1.58 bits per heavy atom. The lowest BCUT2D eigenvalue weighted by Crippen LogP contribution is -2.32. The van der Waals surface area contributed by atoms with Crippen LogP contribution in [0.25, 0.3) is 0 Å². The van der Waals surface area contributed by atoms with Crippen LogP contribution in [0.15, 0.2) is 12.8 Å². The van der Waals surface area contributed by atoms with Gasteiger partial charge in [0.2, 0.25) is 0 Å². The maximum atomic E-state index is 9.48.